The number of nitrogens with zero attached hydrogens (tertiary/aromatic N) is 3. The third kappa shape index (κ3) is 3.50. The van der Waals surface area contributed by atoms with E-state index in [0.717, 1.165) is 38.6 Å². The quantitative estimate of drug-likeness (QED) is 0.790. The summed E-state index contributed by atoms with van der Waals surface area (Å²) in [5, 5.41) is 0. The zero-order valence-electron chi connectivity index (χ0n) is 16.5. The Bertz CT molecular complexity index is 458. The molecule has 1 atom stereocenters. The minimum atomic E-state index is 0.122. The van der Waals surface area contributed by atoms with Crippen molar-refractivity contribution in [2.24, 2.45) is 22.7 Å². The second-order valence-electron chi connectivity index (χ2n) is 9.76. The molecule has 0 radical (unpaired) electrons. The molecule has 0 aromatic carbocycles. The highest BCUT2D eigenvalue weighted by molar-refractivity contribution is 5.81. The molecule has 0 N–H and O–H groups in total. The lowest BCUT2D eigenvalue weighted by Crippen LogP contribution is -2.63. The summed E-state index contributed by atoms with van der Waals surface area (Å²) < 4.78 is 0. The van der Waals surface area contributed by atoms with Crippen LogP contribution in [0.4, 0.5) is 0 Å². The Hall–Kier alpha value is -0.610. The Morgan fingerprint density at radius 2 is 1.71 bits per heavy atom. The maximum Gasteiger partial charge on any atom is 0.227 e. The highest BCUT2D eigenvalue weighted by Crippen LogP contribution is 2.44. The van der Waals surface area contributed by atoms with Gasteiger partial charge < -0.3 is 14.7 Å². The third-order valence-corrected chi connectivity index (χ3v) is 6.66. The summed E-state index contributed by atoms with van der Waals surface area (Å²) in [6.45, 7) is 20.1. The Morgan fingerprint density at radius 1 is 1.08 bits per heavy atom. The zero-order chi connectivity index (χ0) is 17.5. The van der Waals surface area contributed by atoms with E-state index in [0.29, 0.717) is 11.3 Å². The van der Waals surface area contributed by atoms with Gasteiger partial charge in [-0.3, -0.25) is 4.79 Å². The lowest BCUT2D eigenvalue weighted by Gasteiger charge is -2.55. The third-order valence-electron chi connectivity index (χ3n) is 6.66. The summed E-state index contributed by atoms with van der Waals surface area (Å²) in [7, 11) is 0. The van der Waals surface area contributed by atoms with Crippen LogP contribution in [0.15, 0.2) is 0 Å². The molecular weight excluding hydrogens is 298 g/mol. The monoisotopic (exact) mass is 335 g/mol. The summed E-state index contributed by atoms with van der Waals surface area (Å²) in [6.07, 6.45) is 2.55. The molecule has 1 amide bonds. The lowest BCUT2D eigenvalue weighted by molar-refractivity contribution is -0.153. The summed E-state index contributed by atoms with van der Waals surface area (Å²) in [6, 6.07) is 0. The number of piperidine rings is 1. The van der Waals surface area contributed by atoms with Crippen LogP contribution in [-0.2, 0) is 4.79 Å². The molecule has 24 heavy (non-hydrogen) atoms. The average molecular weight is 336 g/mol. The Morgan fingerprint density at radius 3 is 2.21 bits per heavy atom. The van der Waals surface area contributed by atoms with Crippen LogP contribution in [0.5, 0.6) is 0 Å². The Kier molecular flexibility index (Phi) is 5.00. The number of carbonyl (C=O) groups is 1. The van der Waals surface area contributed by atoms with Gasteiger partial charge in [-0.05, 0) is 43.8 Å². The van der Waals surface area contributed by atoms with E-state index in [1.807, 2.05) is 0 Å². The van der Waals surface area contributed by atoms with Gasteiger partial charge in [-0.15, -0.1) is 0 Å². The van der Waals surface area contributed by atoms with Gasteiger partial charge in [0.2, 0.25) is 5.91 Å². The van der Waals surface area contributed by atoms with Crippen LogP contribution in [0.3, 0.4) is 0 Å². The van der Waals surface area contributed by atoms with Crippen LogP contribution in [0, 0.1) is 22.7 Å². The summed E-state index contributed by atoms with van der Waals surface area (Å²) in [5.74, 6) is 1.37. The second-order valence-corrected chi connectivity index (χ2v) is 9.76. The van der Waals surface area contributed by atoms with Crippen molar-refractivity contribution in [1.29, 1.82) is 0 Å². The minimum Gasteiger partial charge on any atom is -0.341 e. The summed E-state index contributed by atoms with van der Waals surface area (Å²) >= 11 is 0. The molecule has 3 saturated heterocycles. The number of rotatable bonds is 4. The molecule has 3 heterocycles. The molecule has 138 valence electrons. The first-order valence-electron chi connectivity index (χ1n) is 9.98. The van der Waals surface area contributed by atoms with Crippen molar-refractivity contribution in [3.63, 3.8) is 0 Å². The molecule has 0 aromatic rings. The van der Waals surface area contributed by atoms with E-state index in [1.165, 1.54) is 32.5 Å². The Balaban J connectivity index is 1.51. The van der Waals surface area contributed by atoms with Crippen LogP contribution in [0.2, 0.25) is 0 Å². The highest BCUT2D eigenvalue weighted by Gasteiger charge is 2.51. The first kappa shape index (κ1) is 18.2. The van der Waals surface area contributed by atoms with E-state index in [9.17, 15) is 4.79 Å². The van der Waals surface area contributed by atoms with Crippen molar-refractivity contribution >= 4 is 5.91 Å². The van der Waals surface area contributed by atoms with Gasteiger partial charge in [-0.1, -0.05) is 34.6 Å². The smallest absolute Gasteiger partial charge is 0.227 e. The largest absolute Gasteiger partial charge is 0.341 e. The topological polar surface area (TPSA) is 26.8 Å². The van der Waals surface area contributed by atoms with Gasteiger partial charge in [0.15, 0.2) is 0 Å². The van der Waals surface area contributed by atoms with Crippen molar-refractivity contribution in [2.75, 3.05) is 52.4 Å². The number of carbonyl (C=O) groups excluding carboxylic acids is 1. The molecule has 3 rings (SSSR count). The van der Waals surface area contributed by atoms with Crippen LogP contribution < -0.4 is 0 Å². The SMILES string of the molecule is CCN1C[C@@H](C(=O)N2CC3(CCN(CC(C)C)CC3)C2)C(C)(C)C1. The fourth-order valence-electron chi connectivity index (χ4n) is 5.09. The fraction of sp³-hybridized carbons (Fsp3) is 0.950. The highest BCUT2D eigenvalue weighted by atomic mass is 16.2. The van der Waals surface area contributed by atoms with E-state index in [2.05, 4.69) is 49.3 Å². The molecule has 0 unspecified atom stereocenters. The maximum absolute atomic E-state index is 13.0. The van der Waals surface area contributed by atoms with Gasteiger partial charge in [0.25, 0.3) is 0 Å². The number of amides is 1. The molecule has 3 aliphatic heterocycles. The van der Waals surface area contributed by atoms with Crippen molar-refractivity contribution in [3.05, 3.63) is 0 Å². The number of hydrogen-bond donors (Lipinski definition) is 0. The van der Waals surface area contributed by atoms with E-state index in [-0.39, 0.29) is 11.3 Å². The van der Waals surface area contributed by atoms with Crippen molar-refractivity contribution in [1.82, 2.24) is 14.7 Å². The molecule has 0 aliphatic carbocycles. The predicted molar refractivity (Wildman–Crippen MR) is 98.9 cm³/mol. The number of hydrogen-bond acceptors (Lipinski definition) is 3. The van der Waals surface area contributed by atoms with Crippen molar-refractivity contribution in [3.8, 4) is 0 Å². The predicted octanol–water partition coefficient (Wildman–Crippen LogP) is 2.54. The second kappa shape index (κ2) is 6.60. The van der Waals surface area contributed by atoms with E-state index in [1.54, 1.807) is 0 Å². The molecule has 3 aliphatic rings. The van der Waals surface area contributed by atoms with Crippen LogP contribution >= 0.6 is 0 Å². The van der Waals surface area contributed by atoms with Gasteiger partial charge in [-0.25, -0.2) is 0 Å². The average Bonchev–Trinajstić information content (AvgIpc) is 2.79. The molecule has 0 bridgehead atoms. The Labute approximate surface area is 148 Å². The first-order chi connectivity index (χ1) is 11.2. The molecule has 1 spiro atoms. The van der Waals surface area contributed by atoms with Gasteiger partial charge in [-0.2, -0.15) is 0 Å². The van der Waals surface area contributed by atoms with E-state index < -0.39 is 0 Å². The van der Waals surface area contributed by atoms with Crippen molar-refractivity contribution in [2.45, 2.75) is 47.5 Å². The molecule has 4 nitrogen and oxygen atoms in total. The van der Waals surface area contributed by atoms with Crippen LogP contribution in [0.25, 0.3) is 0 Å². The van der Waals surface area contributed by atoms with Gasteiger partial charge in [0.05, 0.1) is 5.92 Å². The molecule has 0 aromatic heterocycles. The number of likely N-dealkylation sites (tertiary alicyclic amines) is 3. The fourth-order valence-corrected chi connectivity index (χ4v) is 5.09. The van der Waals surface area contributed by atoms with Gasteiger partial charge >= 0.3 is 0 Å². The summed E-state index contributed by atoms with van der Waals surface area (Å²) in [4.78, 5) is 20.2. The molecule has 3 fully saturated rings. The van der Waals surface area contributed by atoms with Gasteiger partial charge in [0, 0.05) is 38.1 Å². The van der Waals surface area contributed by atoms with Gasteiger partial charge in [0.1, 0.15) is 0 Å². The molecule has 0 saturated carbocycles. The standard InChI is InChI=1S/C20H37N3O/c1-6-21-12-17(19(4,5)13-21)18(24)23-14-20(15-23)7-9-22(10-8-20)11-16(2)3/h16-17H,6-15H2,1-5H3/t17-/m0/s1. The first-order valence-corrected chi connectivity index (χ1v) is 9.98. The van der Waals surface area contributed by atoms with Crippen LogP contribution in [0.1, 0.15) is 47.5 Å². The van der Waals surface area contributed by atoms with Crippen molar-refractivity contribution < 1.29 is 4.79 Å². The maximum atomic E-state index is 13.0. The summed E-state index contributed by atoms with van der Waals surface area (Å²) in [5.41, 5.74) is 0.562. The molecule has 4 heteroatoms. The van der Waals surface area contributed by atoms with E-state index in [4.69, 9.17) is 0 Å². The normalized spacial score (nSPS) is 30.1. The zero-order valence-corrected chi connectivity index (χ0v) is 16.5. The van der Waals surface area contributed by atoms with E-state index >= 15 is 0 Å². The minimum absolute atomic E-state index is 0.122. The molecular formula is C20H37N3O. The lowest BCUT2D eigenvalue weighted by atomic mass is 9.70. The van der Waals surface area contributed by atoms with Crippen LogP contribution in [-0.4, -0.2) is 73.0 Å².